The number of nitrogens with two attached hydrogens (primary N) is 1. The fourth-order valence-corrected chi connectivity index (χ4v) is 2.65. The molecule has 1 fully saturated rings. The minimum absolute atomic E-state index is 0.0337. The van der Waals surface area contributed by atoms with Crippen LogP contribution in [0.4, 0.5) is 5.69 Å². The van der Waals surface area contributed by atoms with Gasteiger partial charge in [0.15, 0.2) is 0 Å². The van der Waals surface area contributed by atoms with Gasteiger partial charge in [-0.25, -0.2) is 0 Å². The molecule has 0 saturated carbocycles. The van der Waals surface area contributed by atoms with Gasteiger partial charge in [0.05, 0.1) is 0 Å². The van der Waals surface area contributed by atoms with Gasteiger partial charge in [-0.3, -0.25) is 4.79 Å². The van der Waals surface area contributed by atoms with Gasteiger partial charge in [0.1, 0.15) is 6.04 Å². The van der Waals surface area contributed by atoms with Gasteiger partial charge in [-0.1, -0.05) is 19.1 Å². The number of carbonyl (C=O) groups excluding carboxylic acids is 1. The van der Waals surface area contributed by atoms with E-state index < -0.39 is 0 Å². The second-order valence-electron chi connectivity index (χ2n) is 5.11. The summed E-state index contributed by atoms with van der Waals surface area (Å²) in [5, 5.41) is 2.94. The Kier molecular flexibility index (Phi) is 4.43. The average molecular weight is 261 g/mol. The predicted molar refractivity (Wildman–Crippen MR) is 78.2 cm³/mol. The Balaban J connectivity index is 2.32. The summed E-state index contributed by atoms with van der Waals surface area (Å²) < 4.78 is 0. The molecule has 0 spiro atoms. The first-order chi connectivity index (χ1) is 9.17. The number of carbonyl (C=O) groups is 1. The zero-order chi connectivity index (χ0) is 13.8. The van der Waals surface area contributed by atoms with Crippen molar-refractivity contribution in [1.82, 2.24) is 5.32 Å². The van der Waals surface area contributed by atoms with Crippen LogP contribution in [-0.4, -0.2) is 31.1 Å². The molecule has 1 saturated heterocycles. The fraction of sp³-hybridized carbons (Fsp3) is 0.533. The van der Waals surface area contributed by atoms with E-state index in [2.05, 4.69) is 48.3 Å². The third-order valence-corrected chi connectivity index (χ3v) is 3.84. The van der Waals surface area contributed by atoms with Gasteiger partial charge >= 0.3 is 0 Å². The quantitative estimate of drug-likeness (QED) is 0.862. The molecule has 19 heavy (non-hydrogen) atoms. The third-order valence-electron chi connectivity index (χ3n) is 3.84. The number of aryl methyl sites for hydroxylation is 1. The minimum Gasteiger partial charge on any atom is -0.356 e. The number of benzene rings is 1. The minimum atomic E-state index is -0.273. The van der Waals surface area contributed by atoms with E-state index in [1.807, 2.05) is 0 Å². The van der Waals surface area contributed by atoms with Crippen LogP contribution in [0.5, 0.6) is 0 Å². The Morgan fingerprint density at radius 2 is 2.05 bits per heavy atom. The van der Waals surface area contributed by atoms with Crippen LogP contribution in [0.1, 0.15) is 25.8 Å². The van der Waals surface area contributed by atoms with E-state index in [-0.39, 0.29) is 11.9 Å². The monoisotopic (exact) mass is 261 g/mol. The lowest BCUT2D eigenvalue weighted by Gasteiger charge is -2.34. The molecule has 104 valence electrons. The van der Waals surface area contributed by atoms with Gasteiger partial charge in [-0.05, 0) is 37.5 Å². The number of amides is 1. The molecule has 1 aliphatic heterocycles. The van der Waals surface area contributed by atoms with Crippen LogP contribution in [0.15, 0.2) is 24.3 Å². The number of hydrogen-bond acceptors (Lipinski definition) is 3. The van der Waals surface area contributed by atoms with E-state index in [0.29, 0.717) is 12.6 Å². The highest BCUT2D eigenvalue weighted by atomic mass is 16.2. The second kappa shape index (κ2) is 6.06. The first-order valence-electron chi connectivity index (χ1n) is 7.02. The molecule has 0 aromatic heterocycles. The predicted octanol–water partition coefficient (Wildman–Crippen LogP) is 1.29. The largest absolute Gasteiger partial charge is 0.356 e. The Bertz CT molecular complexity index is 430. The molecule has 1 aromatic rings. The van der Waals surface area contributed by atoms with Crippen LogP contribution < -0.4 is 16.0 Å². The Morgan fingerprint density at radius 3 is 2.63 bits per heavy atom. The van der Waals surface area contributed by atoms with Crippen molar-refractivity contribution in [2.45, 2.75) is 38.8 Å². The zero-order valence-corrected chi connectivity index (χ0v) is 11.7. The van der Waals surface area contributed by atoms with E-state index in [1.165, 1.54) is 5.56 Å². The summed E-state index contributed by atoms with van der Waals surface area (Å²) in [5.41, 5.74) is 8.19. The number of nitrogens with zero attached hydrogens (tertiary/aromatic N) is 1. The van der Waals surface area contributed by atoms with Crippen molar-refractivity contribution in [3.05, 3.63) is 29.8 Å². The van der Waals surface area contributed by atoms with Crippen LogP contribution in [-0.2, 0) is 11.2 Å². The lowest BCUT2D eigenvalue weighted by Crippen LogP contribution is -2.51. The Labute approximate surface area is 115 Å². The van der Waals surface area contributed by atoms with Gasteiger partial charge in [-0.2, -0.15) is 0 Å². The van der Waals surface area contributed by atoms with E-state index in [1.54, 1.807) is 0 Å². The smallest absolute Gasteiger partial charge is 0.244 e. The fourth-order valence-electron chi connectivity index (χ4n) is 2.65. The molecule has 2 unspecified atom stereocenters. The molecule has 1 aromatic carbocycles. The van der Waals surface area contributed by atoms with E-state index >= 15 is 0 Å². The van der Waals surface area contributed by atoms with Crippen molar-refractivity contribution < 1.29 is 4.79 Å². The van der Waals surface area contributed by atoms with E-state index in [4.69, 9.17) is 5.73 Å². The molecular weight excluding hydrogens is 238 g/mol. The molecule has 1 amide bonds. The highest BCUT2D eigenvalue weighted by Crippen LogP contribution is 2.23. The van der Waals surface area contributed by atoms with Crippen LogP contribution >= 0.6 is 0 Å². The molecule has 0 bridgehead atoms. The lowest BCUT2D eigenvalue weighted by molar-refractivity contribution is -0.121. The van der Waals surface area contributed by atoms with Crippen LogP contribution in [0.2, 0.25) is 0 Å². The second-order valence-corrected chi connectivity index (χ2v) is 5.11. The molecule has 2 atom stereocenters. The van der Waals surface area contributed by atoms with Crippen LogP contribution in [0.25, 0.3) is 0 Å². The van der Waals surface area contributed by atoms with Crippen LogP contribution in [0.3, 0.4) is 0 Å². The van der Waals surface area contributed by atoms with Crippen molar-refractivity contribution in [2.24, 2.45) is 5.73 Å². The van der Waals surface area contributed by atoms with Gasteiger partial charge in [0.2, 0.25) is 5.91 Å². The van der Waals surface area contributed by atoms with Gasteiger partial charge in [0.25, 0.3) is 0 Å². The number of rotatable bonds is 3. The highest BCUT2D eigenvalue weighted by molar-refractivity contribution is 5.86. The molecule has 3 N–H and O–H groups in total. The molecule has 1 heterocycles. The summed E-state index contributed by atoms with van der Waals surface area (Å²) in [6.07, 6.45) is 1.97. The average Bonchev–Trinajstić information content (AvgIpc) is 2.57. The first-order valence-corrected chi connectivity index (χ1v) is 7.02. The molecule has 1 aliphatic rings. The molecule has 0 aliphatic carbocycles. The number of hydrogen-bond donors (Lipinski definition) is 2. The van der Waals surface area contributed by atoms with Gasteiger partial charge < -0.3 is 16.0 Å². The van der Waals surface area contributed by atoms with E-state index in [0.717, 1.165) is 25.1 Å². The topological polar surface area (TPSA) is 58.4 Å². The summed E-state index contributed by atoms with van der Waals surface area (Å²) in [5.74, 6) is 0.0337. The van der Waals surface area contributed by atoms with Crippen molar-refractivity contribution in [2.75, 3.05) is 18.0 Å². The van der Waals surface area contributed by atoms with Crippen molar-refractivity contribution in [3.8, 4) is 0 Å². The maximum absolute atomic E-state index is 12.1. The highest BCUT2D eigenvalue weighted by Gasteiger charge is 2.31. The molecule has 2 rings (SSSR count). The SMILES string of the molecule is CCc1ccc(N2C(C)CCNC(=O)C2CN)cc1. The summed E-state index contributed by atoms with van der Waals surface area (Å²) in [6, 6.07) is 8.47. The van der Waals surface area contributed by atoms with E-state index in [9.17, 15) is 4.79 Å². The third kappa shape index (κ3) is 2.89. The summed E-state index contributed by atoms with van der Waals surface area (Å²) in [4.78, 5) is 14.2. The molecule has 4 heteroatoms. The summed E-state index contributed by atoms with van der Waals surface area (Å²) >= 11 is 0. The summed E-state index contributed by atoms with van der Waals surface area (Å²) in [7, 11) is 0. The molecule has 4 nitrogen and oxygen atoms in total. The van der Waals surface area contributed by atoms with Crippen molar-refractivity contribution in [3.63, 3.8) is 0 Å². The van der Waals surface area contributed by atoms with Gasteiger partial charge in [0, 0.05) is 24.8 Å². The lowest BCUT2D eigenvalue weighted by atomic mass is 10.1. The number of anilines is 1. The number of nitrogens with one attached hydrogen (secondary N) is 1. The van der Waals surface area contributed by atoms with Crippen molar-refractivity contribution >= 4 is 11.6 Å². The van der Waals surface area contributed by atoms with Crippen LogP contribution in [0, 0.1) is 0 Å². The summed E-state index contributed by atoms with van der Waals surface area (Å²) in [6.45, 7) is 5.35. The Morgan fingerprint density at radius 1 is 1.37 bits per heavy atom. The van der Waals surface area contributed by atoms with Gasteiger partial charge in [-0.15, -0.1) is 0 Å². The molecule has 0 radical (unpaired) electrons. The normalized spacial score (nSPS) is 23.9. The zero-order valence-electron chi connectivity index (χ0n) is 11.7. The Hall–Kier alpha value is -1.55. The first kappa shape index (κ1) is 13.9. The maximum atomic E-state index is 12.1. The molecular formula is C15H23N3O. The standard InChI is InChI=1S/C15H23N3O/c1-3-12-4-6-13(7-5-12)18-11(2)8-9-17-15(19)14(18)10-16/h4-7,11,14H,3,8-10,16H2,1-2H3,(H,17,19). The van der Waals surface area contributed by atoms with Crippen molar-refractivity contribution in [1.29, 1.82) is 0 Å². The maximum Gasteiger partial charge on any atom is 0.244 e.